The zero-order valence-electron chi connectivity index (χ0n) is 8.47. The van der Waals surface area contributed by atoms with E-state index in [1.807, 2.05) is 0 Å². The molecule has 2 nitrogen and oxygen atoms in total. The average Bonchev–Trinajstić information content (AvgIpc) is 2.28. The van der Waals surface area contributed by atoms with Gasteiger partial charge in [0.05, 0.1) is 6.61 Å². The number of halogens is 3. The minimum absolute atomic E-state index is 0.000128. The smallest absolute Gasteiger partial charge is 0.370 e. The van der Waals surface area contributed by atoms with Crippen molar-refractivity contribution in [2.45, 2.75) is 6.92 Å². The summed E-state index contributed by atoms with van der Waals surface area (Å²) in [5.41, 5.74) is -0.00578. The van der Waals surface area contributed by atoms with E-state index in [4.69, 9.17) is 0 Å². The van der Waals surface area contributed by atoms with Crippen molar-refractivity contribution in [3.63, 3.8) is 0 Å². The van der Waals surface area contributed by atoms with E-state index in [1.165, 1.54) is 19.1 Å². The van der Waals surface area contributed by atoms with Crippen LogP contribution < -0.4 is 0 Å². The van der Waals surface area contributed by atoms with Crippen LogP contribution in [0.1, 0.15) is 12.5 Å². The summed E-state index contributed by atoms with van der Waals surface area (Å²) in [4.78, 5) is 10.9. The predicted octanol–water partition coefficient (Wildman–Crippen LogP) is 3.62. The van der Waals surface area contributed by atoms with Crippen molar-refractivity contribution in [1.29, 1.82) is 0 Å². The number of ether oxygens (including phenoxy) is 1. The molecule has 0 spiro atoms. The van der Waals surface area contributed by atoms with E-state index in [0.717, 1.165) is 4.47 Å². The number of hydrogen-bond acceptors (Lipinski definition) is 2. The van der Waals surface area contributed by atoms with Crippen molar-refractivity contribution < 1.29 is 18.3 Å². The van der Waals surface area contributed by atoms with Crippen LogP contribution in [0.2, 0.25) is 0 Å². The quantitative estimate of drug-likeness (QED) is 0.628. The molecule has 5 heteroatoms. The fraction of sp³-hybridized carbons (Fsp3) is 0.182. The third kappa shape index (κ3) is 3.13. The van der Waals surface area contributed by atoms with Crippen molar-refractivity contribution in [2.24, 2.45) is 0 Å². The van der Waals surface area contributed by atoms with E-state index < -0.39 is 17.6 Å². The highest BCUT2D eigenvalue weighted by molar-refractivity contribution is 9.10. The zero-order chi connectivity index (χ0) is 12.1. The van der Waals surface area contributed by atoms with Gasteiger partial charge in [0.2, 0.25) is 5.83 Å². The zero-order valence-corrected chi connectivity index (χ0v) is 10.1. The molecule has 0 heterocycles. The second-order valence-electron chi connectivity index (χ2n) is 2.86. The Labute approximate surface area is 100 Å². The Kier molecular flexibility index (Phi) is 4.61. The SMILES string of the molecule is CCOC(=O)/C(F)=C(/F)c1ccc(Br)cc1. The molecule has 1 aromatic rings. The van der Waals surface area contributed by atoms with Gasteiger partial charge in [-0.25, -0.2) is 9.18 Å². The lowest BCUT2D eigenvalue weighted by atomic mass is 10.2. The van der Waals surface area contributed by atoms with Crippen LogP contribution in [0.15, 0.2) is 34.6 Å². The number of esters is 1. The summed E-state index contributed by atoms with van der Waals surface area (Å²) < 4.78 is 31.7. The van der Waals surface area contributed by atoms with Crippen LogP contribution in [0.3, 0.4) is 0 Å². The first-order valence-corrected chi connectivity index (χ1v) is 5.34. The minimum Gasteiger partial charge on any atom is -0.461 e. The number of hydrogen-bond donors (Lipinski definition) is 0. The molecule has 0 fully saturated rings. The summed E-state index contributed by atoms with van der Waals surface area (Å²) in [5, 5.41) is 0. The van der Waals surface area contributed by atoms with E-state index in [0.29, 0.717) is 0 Å². The van der Waals surface area contributed by atoms with Crippen LogP contribution in [0, 0.1) is 0 Å². The molecule has 0 aromatic heterocycles. The fourth-order valence-corrected chi connectivity index (χ4v) is 1.27. The molecule has 0 atom stereocenters. The molecule has 0 N–H and O–H groups in total. The average molecular weight is 291 g/mol. The van der Waals surface area contributed by atoms with Crippen LogP contribution in [-0.4, -0.2) is 12.6 Å². The fourth-order valence-electron chi connectivity index (χ4n) is 1.01. The second kappa shape index (κ2) is 5.75. The van der Waals surface area contributed by atoms with Gasteiger partial charge in [-0.2, -0.15) is 4.39 Å². The monoisotopic (exact) mass is 290 g/mol. The molecule has 0 aliphatic carbocycles. The number of carbonyl (C=O) groups excluding carboxylic acids is 1. The highest BCUT2D eigenvalue weighted by atomic mass is 79.9. The first-order valence-electron chi connectivity index (χ1n) is 4.54. The Hall–Kier alpha value is -1.23. The van der Waals surface area contributed by atoms with Crippen molar-refractivity contribution in [1.82, 2.24) is 0 Å². The van der Waals surface area contributed by atoms with Gasteiger partial charge in [-0.3, -0.25) is 0 Å². The summed E-state index contributed by atoms with van der Waals surface area (Å²) in [6.07, 6.45) is 0. The number of benzene rings is 1. The van der Waals surface area contributed by atoms with Gasteiger partial charge < -0.3 is 4.74 Å². The standard InChI is InChI=1S/C11H9BrF2O2/c1-2-16-11(15)10(14)9(13)7-3-5-8(12)6-4-7/h3-6H,2H2,1H3/b10-9-. The van der Waals surface area contributed by atoms with Crippen LogP contribution >= 0.6 is 15.9 Å². The maximum atomic E-state index is 13.4. The van der Waals surface area contributed by atoms with Gasteiger partial charge in [0.1, 0.15) is 0 Å². The van der Waals surface area contributed by atoms with Crippen LogP contribution in [0.5, 0.6) is 0 Å². The Balaban J connectivity index is 2.99. The molecule has 16 heavy (non-hydrogen) atoms. The molecular formula is C11H9BrF2O2. The maximum Gasteiger partial charge on any atom is 0.370 e. The van der Waals surface area contributed by atoms with E-state index in [-0.39, 0.29) is 12.2 Å². The molecular weight excluding hydrogens is 282 g/mol. The largest absolute Gasteiger partial charge is 0.461 e. The van der Waals surface area contributed by atoms with E-state index >= 15 is 0 Å². The highest BCUT2D eigenvalue weighted by Gasteiger charge is 2.17. The Morgan fingerprint density at radius 2 is 1.88 bits per heavy atom. The van der Waals surface area contributed by atoms with Gasteiger partial charge >= 0.3 is 5.97 Å². The molecule has 0 saturated heterocycles. The Bertz CT molecular complexity index is 412. The van der Waals surface area contributed by atoms with Gasteiger partial charge in [-0.15, -0.1) is 0 Å². The first kappa shape index (κ1) is 12.8. The molecule has 0 radical (unpaired) electrons. The van der Waals surface area contributed by atoms with Gasteiger partial charge in [-0.05, 0) is 19.1 Å². The Morgan fingerprint density at radius 1 is 1.31 bits per heavy atom. The van der Waals surface area contributed by atoms with Gasteiger partial charge in [0, 0.05) is 10.0 Å². The molecule has 86 valence electrons. The molecule has 0 bridgehead atoms. The van der Waals surface area contributed by atoms with Gasteiger partial charge in [-0.1, -0.05) is 28.1 Å². The lowest BCUT2D eigenvalue weighted by Crippen LogP contribution is -2.05. The molecule has 0 aliphatic heterocycles. The van der Waals surface area contributed by atoms with Gasteiger partial charge in [0.25, 0.3) is 0 Å². The lowest BCUT2D eigenvalue weighted by Gasteiger charge is -2.01. The summed E-state index contributed by atoms with van der Waals surface area (Å²) in [6.45, 7) is 1.52. The Morgan fingerprint density at radius 3 is 2.38 bits per heavy atom. The van der Waals surface area contributed by atoms with Crippen molar-refractivity contribution >= 4 is 27.7 Å². The number of rotatable bonds is 3. The molecule has 0 unspecified atom stereocenters. The highest BCUT2D eigenvalue weighted by Crippen LogP contribution is 2.23. The maximum absolute atomic E-state index is 13.4. The first-order chi connectivity index (χ1) is 7.56. The van der Waals surface area contributed by atoms with E-state index in [1.54, 1.807) is 12.1 Å². The topological polar surface area (TPSA) is 26.3 Å². The third-order valence-corrected chi connectivity index (χ3v) is 2.27. The van der Waals surface area contributed by atoms with Crippen LogP contribution in [-0.2, 0) is 9.53 Å². The predicted molar refractivity (Wildman–Crippen MR) is 59.9 cm³/mol. The summed E-state index contributed by atoms with van der Waals surface area (Å²) in [5.74, 6) is -4.02. The van der Waals surface area contributed by atoms with Gasteiger partial charge in [0.15, 0.2) is 5.83 Å². The normalized spacial score (nSPS) is 12.0. The number of carbonyl (C=O) groups is 1. The van der Waals surface area contributed by atoms with Crippen LogP contribution in [0.25, 0.3) is 5.83 Å². The molecule has 1 rings (SSSR count). The summed E-state index contributed by atoms with van der Waals surface area (Å²) in [6, 6.07) is 5.82. The van der Waals surface area contributed by atoms with Crippen molar-refractivity contribution in [2.75, 3.05) is 6.61 Å². The van der Waals surface area contributed by atoms with E-state index in [9.17, 15) is 13.6 Å². The summed E-state index contributed by atoms with van der Waals surface area (Å²) in [7, 11) is 0. The minimum atomic E-state index is -1.51. The summed E-state index contributed by atoms with van der Waals surface area (Å²) >= 11 is 3.16. The lowest BCUT2D eigenvalue weighted by molar-refractivity contribution is -0.140. The molecule has 1 aromatic carbocycles. The third-order valence-electron chi connectivity index (χ3n) is 1.75. The van der Waals surface area contributed by atoms with Crippen molar-refractivity contribution in [3.8, 4) is 0 Å². The molecule has 0 saturated carbocycles. The van der Waals surface area contributed by atoms with E-state index in [2.05, 4.69) is 20.7 Å². The second-order valence-corrected chi connectivity index (χ2v) is 3.77. The molecule has 0 amide bonds. The van der Waals surface area contributed by atoms with Crippen molar-refractivity contribution in [3.05, 3.63) is 40.1 Å². The van der Waals surface area contributed by atoms with Crippen LogP contribution in [0.4, 0.5) is 8.78 Å². The molecule has 0 aliphatic rings.